The van der Waals surface area contributed by atoms with Gasteiger partial charge in [-0.2, -0.15) is 0 Å². The Labute approximate surface area is 100 Å². The first-order chi connectivity index (χ1) is 7.15. The molecule has 2 rings (SSSR count). The molecule has 0 aliphatic rings. The van der Waals surface area contributed by atoms with Crippen LogP contribution in [0.15, 0.2) is 24.4 Å². The van der Waals surface area contributed by atoms with Crippen LogP contribution in [0, 0.1) is 0 Å². The summed E-state index contributed by atoms with van der Waals surface area (Å²) in [4.78, 5) is 3.86. The van der Waals surface area contributed by atoms with Gasteiger partial charge in [-0.05, 0) is 12.1 Å². The Morgan fingerprint density at radius 2 is 2.13 bits per heavy atom. The normalized spacial score (nSPS) is 10.3. The van der Waals surface area contributed by atoms with E-state index in [4.69, 9.17) is 33.7 Å². The van der Waals surface area contributed by atoms with E-state index in [2.05, 4.69) is 4.98 Å². The van der Waals surface area contributed by atoms with Crippen LogP contribution in [0.4, 0.5) is 5.13 Å². The van der Waals surface area contributed by atoms with Crippen molar-refractivity contribution in [3.8, 4) is 10.8 Å². The number of rotatable bonds is 2. The first-order valence-electron chi connectivity index (χ1n) is 3.99. The van der Waals surface area contributed by atoms with Crippen LogP contribution in [-0.2, 0) is 0 Å². The third-order valence-corrected chi connectivity index (χ3v) is 2.86. The smallest absolute Gasteiger partial charge is 0.202 e. The fourth-order valence-corrected chi connectivity index (χ4v) is 1.85. The second-order valence-corrected chi connectivity index (χ2v) is 4.56. The van der Waals surface area contributed by atoms with Crippen molar-refractivity contribution in [1.29, 1.82) is 0 Å². The maximum Gasteiger partial charge on any atom is 0.202 e. The lowest BCUT2D eigenvalue weighted by atomic mass is 10.3. The van der Waals surface area contributed by atoms with E-state index in [0.717, 1.165) is 0 Å². The molecule has 0 unspecified atom stereocenters. The fraction of sp³-hybridized carbons (Fsp3) is 0. The van der Waals surface area contributed by atoms with Gasteiger partial charge in [-0.3, -0.25) is 0 Å². The summed E-state index contributed by atoms with van der Waals surface area (Å²) in [7, 11) is 0. The number of nitrogens with zero attached hydrogens (tertiary/aromatic N) is 1. The van der Waals surface area contributed by atoms with Gasteiger partial charge in [-0.15, -0.1) is 0 Å². The molecule has 3 nitrogen and oxygen atoms in total. The third-order valence-electron chi connectivity index (χ3n) is 1.61. The van der Waals surface area contributed by atoms with Crippen LogP contribution in [0.25, 0.3) is 0 Å². The minimum atomic E-state index is 0.447. The van der Waals surface area contributed by atoms with Crippen LogP contribution >= 0.6 is 34.5 Å². The van der Waals surface area contributed by atoms with E-state index in [0.29, 0.717) is 26.0 Å². The molecule has 0 saturated heterocycles. The minimum Gasteiger partial charge on any atom is -0.443 e. The van der Waals surface area contributed by atoms with E-state index in [9.17, 15) is 0 Å². The van der Waals surface area contributed by atoms with Crippen molar-refractivity contribution >= 4 is 39.7 Å². The van der Waals surface area contributed by atoms with Gasteiger partial charge in [-0.1, -0.05) is 34.5 Å². The summed E-state index contributed by atoms with van der Waals surface area (Å²) in [6, 6.07) is 5.00. The molecular weight excluding hydrogens is 255 g/mol. The third kappa shape index (κ3) is 2.53. The predicted molar refractivity (Wildman–Crippen MR) is 63.1 cm³/mol. The molecule has 0 aliphatic carbocycles. The van der Waals surface area contributed by atoms with Crippen LogP contribution in [0.1, 0.15) is 0 Å². The summed E-state index contributed by atoms with van der Waals surface area (Å²) in [6.45, 7) is 0. The largest absolute Gasteiger partial charge is 0.443 e. The van der Waals surface area contributed by atoms with Crippen molar-refractivity contribution in [1.82, 2.24) is 4.98 Å². The van der Waals surface area contributed by atoms with Crippen molar-refractivity contribution in [2.24, 2.45) is 0 Å². The molecule has 6 heteroatoms. The molecule has 1 aromatic heterocycles. The highest BCUT2D eigenvalue weighted by Gasteiger charge is 2.06. The zero-order valence-corrected chi connectivity index (χ0v) is 9.73. The summed E-state index contributed by atoms with van der Waals surface area (Å²) < 4.78 is 5.47. The van der Waals surface area contributed by atoms with E-state index in [-0.39, 0.29) is 0 Å². The topological polar surface area (TPSA) is 48.1 Å². The number of anilines is 1. The van der Waals surface area contributed by atoms with Crippen LogP contribution in [0.2, 0.25) is 10.0 Å². The van der Waals surface area contributed by atoms with Crippen LogP contribution < -0.4 is 10.5 Å². The quantitative estimate of drug-likeness (QED) is 0.893. The zero-order valence-electron chi connectivity index (χ0n) is 7.41. The molecule has 0 amide bonds. The molecule has 0 spiro atoms. The molecule has 0 bridgehead atoms. The molecule has 2 N–H and O–H groups in total. The van der Waals surface area contributed by atoms with E-state index < -0.39 is 0 Å². The lowest BCUT2D eigenvalue weighted by Crippen LogP contribution is -1.82. The summed E-state index contributed by atoms with van der Waals surface area (Å²) >= 11 is 13.0. The molecule has 0 radical (unpaired) electrons. The van der Waals surface area contributed by atoms with Crippen LogP contribution in [0.3, 0.4) is 0 Å². The van der Waals surface area contributed by atoms with E-state index in [1.807, 2.05) is 0 Å². The Bertz CT molecular complexity index is 487. The Morgan fingerprint density at radius 1 is 1.33 bits per heavy atom. The van der Waals surface area contributed by atoms with E-state index >= 15 is 0 Å². The molecule has 78 valence electrons. The minimum absolute atomic E-state index is 0.447. The Kier molecular flexibility index (Phi) is 3.00. The molecule has 0 saturated carbocycles. The van der Waals surface area contributed by atoms with Gasteiger partial charge in [0.25, 0.3) is 0 Å². The van der Waals surface area contributed by atoms with Crippen molar-refractivity contribution in [2.45, 2.75) is 0 Å². The number of ether oxygens (including phenoxy) is 1. The molecule has 2 aromatic rings. The van der Waals surface area contributed by atoms with Gasteiger partial charge < -0.3 is 10.5 Å². The highest BCUT2D eigenvalue weighted by molar-refractivity contribution is 7.17. The summed E-state index contributed by atoms with van der Waals surface area (Å²) in [5.41, 5.74) is 5.47. The summed E-state index contributed by atoms with van der Waals surface area (Å²) in [5.74, 6) is 0.493. The average molecular weight is 261 g/mol. The predicted octanol–water partition coefficient (Wildman–Crippen LogP) is 3.82. The zero-order chi connectivity index (χ0) is 10.8. The first-order valence-corrected chi connectivity index (χ1v) is 5.56. The Balaban J connectivity index is 2.27. The average Bonchev–Trinajstić information content (AvgIpc) is 2.58. The lowest BCUT2D eigenvalue weighted by molar-refractivity contribution is 0.495. The van der Waals surface area contributed by atoms with Crippen LogP contribution in [0.5, 0.6) is 10.8 Å². The molecule has 0 aliphatic heterocycles. The van der Waals surface area contributed by atoms with Gasteiger partial charge >= 0.3 is 0 Å². The maximum atomic E-state index is 5.92. The highest BCUT2D eigenvalue weighted by Crippen LogP contribution is 2.34. The Hall–Kier alpha value is -0.970. The second kappa shape index (κ2) is 4.26. The highest BCUT2D eigenvalue weighted by atomic mass is 35.5. The van der Waals surface area contributed by atoms with Gasteiger partial charge in [0, 0.05) is 11.1 Å². The summed E-state index contributed by atoms with van der Waals surface area (Å²) in [6.07, 6.45) is 1.54. The Morgan fingerprint density at radius 3 is 2.80 bits per heavy atom. The molecule has 0 fully saturated rings. The van der Waals surface area contributed by atoms with Crippen LogP contribution in [-0.4, -0.2) is 4.98 Å². The van der Waals surface area contributed by atoms with E-state index in [1.54, 1.807) is 18.2 Å². The number of nitrogen functional groups attached to an aromatic ring is 1. The number of hydrogen-bond acceptors (Lipinski definition) is 4. The molecule has 1 heterocycles. The van der Waals surface area contributed by atoms with Crippen molar-refractivity contribution in [2.75, 3.05) is 5.73 Å². The molecule has 1 aromatic carbocycles. The number of thiazole rings is 1. The van der Waals surface area contributed by atoms with Gasteiger partial charge in [0.05, 0.1) is 11.2 Å². The van der Waals surface area contributed by atoms with Crippen molar-refractivity contribution in [3.63, 3.8) is 0 Å². The van der Waals surface area contributed by atoms with Gasteiger partial charge in [-0.25, -0.2) is 4.98 Å². The number of hydrogen-bond donors (Lipinski definition) is 1. The van der Waals surface area contributed by atoms with Crippen molar-refractivity contribution in [3.05, 3.63) is 34.4 Å². The lowest BCUT2D eigenvalue weighted by Gasteiger charge is -2.04. The maximum absolute atomic E-state index is 5.92. The first kappa shape index (κ1) is 10.5. The van der Waals surface area contributed by atoms with Gasteiger partial charge in [0.2, 0.25) is 5.06 Å². The molecule has 0 atom stereocenters. The number of benzene rings is 1. The van der Waals surface area contributed by atoms with Gasteiger partial charge in [0.1, 0.15) is 5.75 Å². The standard InChI is InChI=1S/C9H6Cl2N2OS/c10-5-1-2-6(11)7(3-5)14-8-4-13-9(12)15-8/h1-4H,(H2,12,13). The van der Waals surface area contributed by atoms with Crippen molar-refractivity contribution < 1.29 is 4.74 Å². The van der Waals surface area contributed by atoms with Gasteiger partial charge in [0.15, 0.2) is 5.13 Å². The number of halogens is 2. The fourth-order valence-electron chi connectivity index (χ4n) is 0.983. The summed E-state index contributed by atoms with van der Waals surface area (Å²) in [5, 5.41) is 2.08. The molecular formula is C9H6Cl2N2OS. The molecule has 15 heavy (non-hydrogen) atoms. The van der Waals surface area contributed by atoms with E-state index in [1.165, 1.54) is 17.5 Å². The number of nitrogens with two attached hydrogens (primary N) is 1. The second-order valence-electron chi connectivity index (χ2n) is 2.69. The monoisotopic (exact) mass is 260 g/mol. The SMILES string of the molecule is Nc1ncc(Oc2cc(Cl)ccc2Cl)s1. The number of aromatic nitrogens is 1.